The molecule has 3 heterocycles. The van der Waals surface area contributed by atoms with Crippen LogP contribution in [-0.2, 0) is 6.42 Å². The Balaban J connectivity index is 1.89. The molecule has 0 aromatic carbocycles. The van der Waals surface area contributed by atoms with E-state index in [9.17, 15) is 0 Å². The zero-order valence-electron chi connectivity index (χ0n) is 12.3. The van der Waals surface area contributed by atoms with Gasteiger partial charge in [0.2, 0.25) is 0 Å². The lowest BCUT2D eigenvalue weighted by Crippen LogP contribution is -2.55. The molecular weight excluding hydrogens is 272 g/mol. The number of fused-ring (bicyclic) bond motifs is 1. The highest BCUT2D eigenvalue weighted by atomic mass is 35.5. The van der Waals surface area contributed by atoms with Crippen molar-refractivity contribution in [1.82, 2.24) is 14.9 Å². The minimum atomic E-state index is 0.492. The van der Waals surface area contributed by atoms with Crippen molar-refractivity contribution in [2.45, 2.75) is 51.6 Å². The fraction of sp³-hybridized carbons (Fsp3) is 0.733. The van der Waals surface area contributed by atoms with Crippen LogP contribution in [0, 0.1) is 0 Å². The van der Waals surface area contributed by atoms with Gasteiger partial charge in [0.05, 0.1) is 0 Å². The van der Waals surface area contributed by atoms with E-state index < -0.39 is 0 Å². The van der Waals surface area contributed by atoms with Gasteiger partial charge in [-0.15, -0.1) is 0 Å². The van der Waals surface area contributed by atoms with Crippen molar-refractivity contribution in [2.24, 2.45) is 0 Å². The van der Waals surface area contributed by atoms with Crippen LogP contribution < -0.4 is 4.90 Å². The number of aromatic nitrogens is 2. The summed E-state index contributed by atoms with van der Waals surface area (Å²) in [6, 6.07) is 1.18. The molecule has 20 heavy (non-hydrogen) atoms. The number of hydrogen-bond acceptors (Lipinski definition) is 4. The second kappa shape index (κ2) is 5.86. The highest BCUT2D eigenvalue weighted by Crippen LogP contribution is 2.31. The molecule has 2 atom stereocenters. The first-order valence-electron chi connectivity index (χ1n) is 7.70. The van der Waals surface area contributed by atoms with E-state index in [2.05, 4.69) is 33.6 Å². The molecule has 4 nitrogen and oxygen atoms in total. The maximum atomic E-state index is 6.30. The highest BCUT2D eigenvalue weighted by molar-refractivity contribution is 6.30. The maximum Gasteiger partial charge on any atom is 0.137 e. The molecule has 0 saturated carbocycles. The first kappa shape index (κ1) is 14.1. The lowest BCUT2D eigenvalue weighted by Gasteiger charge is -2.43. The summed E-state index contributed by atoms with van der Waals surface area (Å²) in [5.74, 6) is 1.06. The highest BCUT2D eigenvalue weighted by Gasteiger charge is 2.35. The summed E-state index contributed by atoms with van der Waals surface area (Å²) in [6.45, 7) is 7.93. The molecular formula is C15H23ClN4. The molecule has 0 aliphatic carbocycles. The Morgan fingerprint density at radius 2 is 2.20 bits per heavy atom. The minimum absolute atomic E-state index is 0.492. The van der Waals surface area contributed by atoms with Gasteiger partial charge in [-0.1, -0.05) is 24.9 Å². The summed E-state index contributed by atoms with van der Waals surface area (Å²) < 4.78 is 0. The van der Waals surface area contributed by atoms with E-state index in [4.69, 9.17) is 11.6 Å². The Morgan fingerprint density at radius 3 is 3.00 bits per heavy atom. The zero-order valence-corrected chi connectivity index (χ0v) is 13.1. The Bertz CT molecular complexity index is 479. The Labute approximate surface area is 126 Å². The average molecular weight is 295 g/mol. The van der Waals surface area contributed by atoms with E-state index in [1.54, 1.807) is 6.33 Å². The van der Waals surface area contributed by atoms with Crippen molar-refractivity contribution in [1.29, 1.82) is 0 Å². The van der Waals surface area contributed by atoms with E-state index in [1.807, 2.05) is 0 Å². The van der Waals surface area contributed by atoms with Gasteiger partial charge in [-0.05, 0) is 32.7 Å². The second-order valence-electron chi connectivity index (χ2n) is 6.01. The topological polar surface area (TPSA) is 32.3 Å². The molecule has 1 aromatic rings. The van der Waals surface area contributed by atoms with Gasteiger partial charge in [0.1, 0.15) is 17.3 Å². The number of halogens is 1. The lowest BCUT2D eigenvalue weighted by molar-refractivity contribution is 0.202. The van der Waals surface area contributed by atoms with E-state index in [0.29, 0.717) is 17.2 Å². The van der Waals surface area contributed by atoms with Crippen molar-refractivity contribution >= 4 is 17.4 Å². The number of nitrogens with zero attached hydrogens (tertiary/aromatic N) is 4. The average Bonchev–Trinajstić information content (AvgIpc) is 2.87. The van der Waals surface area contributed by atoms with Crippen LogP contribution in [0.25, 0.3) is 0 Å². The number of anilines is 1. The van der Waals surface area contributed by atoms with Crippen molar-refractivity contribution in [2.75, 3.05) is 24.5 Å². The van der Waals surface area contributed by atoms with Crippen LogP contribution in [0.4, 0.5) is 5.82 Å². The summed E-state index contributed by atoms with van der Waals surface area (Å²) in [5.41, 5.74) is 1.12. The summed E-state index contributed by atoms with van der Waals surface area (Å²) in [7, 11) is 0. The third-order valence-corrected chi connectivity index (χ3v) is 4.91. The van der Waals surface area contributed by atoms with Gasteiger partial charge in [0, 0.05) is 30.7 Å². The second-order valence-corrected chi connectivity index (χ2v) is 6.37. The molecule has 0 N–H and O–H groups in total. The van der Waals surface area contributed by atoms with Crippen LogP contribution in [0.3, 0.4) is 0 Å². The standard InChI is InChI=1S/C15H23ClN4/c1-3-5-13-14(16)17-10-18-15(13)20-9-12-6-4-7-19(12)8-11(20)2/h10-12H,3-9H2,1-2H3. The normalized spacial score (nSPS) is 26.9. The molecule has 2 aliphatic rings. The Morgan fingerprint density at radius 1 is 1.35 bits per heavy atom. The SMILES string of the molecule is CCCc1c(Cl)ncnc1N1CC2CCCN2CC1C. The Kier molecular flexibility index (Phi) is 4.13. The number of piperazine rings is 1. The summed E-state index contributed by atoms with van der Waals surface area (Å²) in [6.07, 6.45) is 6.26. The number of rotatable bonds is 3. The smallest absolute Gasteiger partial charge is 0.137 e. The molecule has 0 spiro atoms. The van der Waals surface area contributed by atoms with Gasteiger partial charge in [0.25, 0.3) is 0 Å². The van der Waals surface area contributed by atoms with Crippen LogP contribution in [0.5, 0.6) is 0 Å². The van der Waals surface area contributed by atoms with Crippen LogP contribution >= 0.6 is 11.6 Å². The molecule has 0 radical (unpaired) electrons. The van der Waals surface area contributed by atoms with Gasteiger partial charge < -0.3 is 4.90 Å². The molecule has 2 unspecified atom stereocenters. The molecule has 1 aromatic heterocycles. The van der Waals surface area contributed by atoms with Gasteiger partial charge in [0.15, 0.2) is 0 Å². The molecule has 0 amide bonds. The van der Waals surface area contributed by atoms with Crippen molar-refractivity contribution in [3.05, 3.63) is 17.0 Å². The van der Waals surface area contributed by atoms with E-state index in [-0.39, 0.29) is 0 Å². The number of hydrogen-bond donors (Lipinski definition) is 0. The third-order valence-electron chi connectivity index (χ3n) is 4.58. The fourth-order valence-corrected chi connectivity index (χ4v) is 3.80. The van der Waals surface area contributed by atoms with Gasteiger partial charge in [-0.25, -0.2) is 9.97 Å². The summed E-state index contributed by atoms with van der Waals surface area (Å²) in [5, 5.41) is 0.623. The van der Waals surface area contributed by atoms with Crippen LogP contribution in [0.1, 0.15) is 38.7 Å². The fourth-order valence-electron chi connectivity index (χ4n) is 3.58. The lowest BCUT2D eigenvalue weighted by atomic mass is 10.1. The third kappa shape index (κ3) is 2.51. The minimum Gasteiger partial charge on any atom is -0.351 e. The van der Waals surface area contributed by atoms with Crippen molar-refractivity contribution in [3.8, 4) is 0 Å². The van der Waals surface area contributed by atoms with Gasteiger partial charge in [-0.3, -0.25) is 4.90 Å². The van der Waals surface area contributed by atoms with E-state index in [1.165, 1.54) is 19.4 Å². The Hall–Kier alpha value is -0.870. The first-order valence-corrected chi connectivity index (χ1v) is 8.08. The van der Waals surface area contributed by atoms with Crippen LogP contribution in [0.15, 0.2) is 6.33 Å². The predicted molar refractivity (Wildman–Crippen MR) is 82.4 cm³/mol. The molecule has 2 aliphatic heterocycles. The molecule has 2 saturated heterocycles. The summed E-state index contributed by atoms with van der Waals surface area (Å²) in [4.78, 5) is 13.8. The largest absolute Gasteiger partial charge is 0.351 e. The van der Waals surface area contributed by atoms with Crippen LogP contribution in [-0.4, -0.2) is 46.6 Å². The molecule has 5 heteroatoms. The van der Waals surface area contributed by atoms with Crippen molar-refractivity contribution in [3.63, 3.8) is 0 Å². The molecule has 110 valence electrons. The maximum absolute atomic E-state index is 6.30. The van der Waals surface area contributed by atoms with E-state index in [0.717, 1.165) is 37.3 Å². The quantitative estimate of drug-likeness (QED) is 0.803. The van der Waals surface area contributed by atoms with Crippen LogP contribution in [0.2, 0.25) is 5.15 Å². The first-order chi connectivity index (χ1) is 9.70. The summed E-state index contributed by atoms with van der Waals surface area (Å²) >= 11 is 6.30. The molecule has 0 bridgehead atoms. The van der Waals surface area contributed by atoms with E-state index >= 15 is 0 Å². The molecule has 2 fully saturated rings. The monoisotopic (exact) mass is 294 g/mol. The zero-order chi connectivity index (χ0) is 14.1. The van der Waals surface area contributed by atoms with Crippen molar-refractivity contribution < 1.29 is 0 Å². The van der Waals surface area contributed by atoms with Gasteiger partial charge >= 0.3 is 0 Å². The molecule has 3 rings (SSSR count). The van der Waals surface area contributed by atoms with Gasteiger partial charge in [-0.2, -0.15) is 0 Å². The predicted octanol–water partition coefficient (Wildman–Crippen LogP) is 2.76.